The molecule has 15 heavy (non-hydrogen) atoms. The summed E-state index contributed by atoms with van der Waals surface area (Å²) >= 11 is 1.90. The fraction of sp³-hybridized carbons (Fsp3) is 0.600. The molecule has 1 aliphatic heterocycles. The van der Waals surface area contributed by atoms with Crippen LogP contribution < -0.4 is 0 Å². The summed E-state index contributed by atoms with van der Waals surface area (Å²) in [5.41, 5.74) is 1.04. The van der Waals surface area contributed by atoms with Gasteiger partial charge in [-0.2, -0.15) is 16.9 Å². The van der Waals surface area contributed by atoms with Gasteiger partial charge in [0.1, 0.15) is 0 Å². The van der Waals surface area contributed by atoms with Crippen molar-refractivity contribution in [2.24, 2.45) is 5.92 Å². The van der Waals surface area contributed by atoms with E-state index in [-0.39, 0.29) is 5.92 Å². The molecule has 1 saturated heterocycles. The predicted molar refractivity (Wildman–Crippen MR) is 59.1 cm³/mol. The molecule has 0 bridgehead atoms. The van der Waals surface area contributed by atoms with Gasteiger partial charge in [-0.15, -0.1) is 0 Å². The van der Waals surface area contributed by atoms with Crippen molar-refractivity contribution in [1.29, 1.82) is 0 Å². The van der Waals surface area contributed by atoms with Crippen molar-refractivity contribution in [3.05, 3.63) is 18.0 Å². The lowest BCUT2D eigenvalue weighted by atomic mass is 10.1. The van der Waals surface area contributed by atoms with Crippen LogP contribution >= 0.6 is 11.8 Å². The van der Waals surface area contributed by atoms with Crippen LogP contribution in [0, 0.1) is 5.92 Å². The maximum Gasteiger partial charge on any atom is 0.306 e. The van der Waals surface area contributed by atoms with Gasteiger partial charge in [0.05, 0.1) is 12.0 Å². The summed E-state index contributed by atoms with van der Waals surface area (Å²) in [5, 5.41) is 13.1. The second-order valence-electron chi connectivity index (χ2n) is 3.90. The summed E-state index contributed by atoms with van der Waals surface area (Å²) in [6.07, 6.45) is 2.32. The van der Waals surface area contributed by atoms with Gasteiger partial charge in [0.2, 0.25) is 0 Å². The number of hydrogen-bond acceptors (Lipinski definition) is 3. The van der Waals surface area contributed by atoms with Crippen molar-refractivity contribution >= 4 is 17.7 Å². The molecule has 82 valence electrons. The Labute approximate surface area is 92.7 Å². The minimum Gasteiger partial charge on any atom is -0.481 e. The number of aromatic nitrogens is 2. The summed E-state index contributed by atoms with van der Waals surface area (Å²) in [6.45, 7) is 1.73. The van der Waals surface area contributed by atoms with E-state index in [0.29, 0.717) is 12.5 Å². The van der Waals surface area contributed by atoms with E-state index in [4.69, 9.17) is 5.11 Å². The Morgan fingerprint density at radius 3 is 3.07 bits per heavy atom. The third-order valence-electron chi connectivity index (χ3n) is 2.66. The van der Waals surface area contributed by atoms with Crippen LogP contribution in [0.3, 0.4) is 0 Å². The lowest BCUT2D eigenvalue weighted by molar-refractivity contribution is -0.141. The number of hydrogen-bond donors (Lipinski definition) is 1. The number of carboxylic acids is 1. The fourth-order valence-electron chi connectivity index (χ4n) is 1.60. The molecular weight excluding hydrogens is 212 g/mol. The van der Waals surface area contributed by atoms with Gasteiger partial charge >= 0.3 is 5.97 Å². The molecule has 4 nitrogen and oxygen atoms in total. The standard InChI is InChI=1S/C10H14N2O2S/c1-7(10(13)14)4-8-2-3-11-12(8)9-5-15-6-9/h2-3,7,9H,4-6H2,1H3,(H,13,14). The summed E-state index contributed by atoms with van der Waals surface area (Å²) in [7, 11) is 0. The van der Waals surface area contributed by atoms with Crippen LogP contribution in [0.15, 0.2) is 12.3 Å². The van der Waals surface area contributed by atoms with E-state index in [1.165, 1.54) is 0 Å². The van der Waals surface area contributed by atoms with E-state index in [9.17, 15) is 4.79 Å². The van der Waals surface area contributed by atoms with Crippen LogP contribution in [0.4, 0.5) is 0 Å². The van der Waals surface area contributed by atoms with E-state index in [2.05, 4.69) is 5.10 Å². The Hall–Kier alpha value is -0.970. The van der Waals surface area contributed by atoms with Gasteiger partial charge in [-0.25, -0.2) is 0 Å². The largest absolute Gasteiger partial charge is 0.481 e. The normalized spacial score (nSPS) is 18.5. The lowest BCUT2D eigenvalue weighted by Gasteiger charge is -2.27. The molecule has 0 spiro atoms. The van der Waals surface area contributed by atoms with Gasteiger partial charge in [-0.1, -0.05) is 6.92 Å². The molecular formula is C10H14N2O2S. The highest BCUT2D eigenvalue weighted by Gasteiger charge is 2.24. The molecule has 0 aromatic carbocycles. The molecule has 1 fully saturated rings. The van der Waals surface area contributed by atoms with Gasteiger partial charge in [0, 0.05) is 29.8 Å². The Bertz CT molecular complexity index is 360. The van der Waals surface area contributed by atoms with Crippen molar-refractivity contribution in [3.8, 4) is 0 Å². The molecule has 0 aliphatic carbocycles. The highest BCUT2D eigenvalue weighted by Crippen LogP contribution is 2.30. The van der Waals surface area contributed by atoms with E-state index in [1.54, 1.807) is 13.1 Å². The molecule has 5 heteroatoms. The van der Waals surface area contributed by atoms with Crippen molar-refractivity contribution < 1.29 is 9.90 Å². The Kier molecular flexibility index (Phi) is 3.00. The zero-order valence-corrected chi connectivity index (χ0v) is 9.41. The summed E-state index contributed by atoms with van der Waals surface area (Å²) in [6, 6.07) is 2.39. The third-order valence-corrected chi connectivity index (χ3v) is 3.90. The van der Waals surface area contributed by atoms with E-state index in [0.717, 1.165) is 17.2 Å². The van der Waals surface area contributed by atoms with Gasteiger partial charge < -0.3 is 5.11 Å². The topological polar surface area (TPSA) is 55.1 Å². The fourth-order valence-corrected chi connectivity index (χ4v) is 2.33. The first-order chi connectivity index (χ1) is 7.18. The van der Waals surface area contributed by atoms with E-state index < -0.39 is 5.97 Å². The van der Waals surface area contributed by atoms with Crippen molar-refractivity contribution in [1.82, 2.24) is 9.78 Å². The van der Waals surface area contributed by atoms with Crippen LogP contribution in [-0.2, 0) is 11.2 Å². The van der Waals surface area contributed by atoms with Crippen LogP contribution in [0.25, 0.3) is 0 Å². The van der Waals surface area contributed by atoms with Crippen LogP contribution in [-0.4, -0.2) is 32.4 Å². The first-order valence-electron chi connectivity index (χ1n) is 5.01. The number of aliphatic carboxylic acids is 1. The summed E-state index contributed by atoms with van der Waals surface area (Å²) in [4.78, 5) is 10.8. The molecule has 0 saturated carbocycles. The monoisotopic (exact) mass is 226 g/mol. The van der Waals surface area contributed by atoms with Crippen molar-refractivity contribution in [3.63, 3.8) is 0 Å². The number of thioether (sulfide) groups is 1. The van der Waals surface area contributed by atoms with E-state index in [1.807, 2.05) is 22.5 Å². The lowest BCUT2D eigenvalue weighted by Crippen LogP contribution is -2.26. The van der Waals surface area contributed by atoms with E-state index >= 15 is 0 Å². The molecule has 0 radical (unpaired) electrons. The average molecular weight is 226 g/mol. The molecule has 2 rings (SSSR count). The van der Waals surface area contributed by atoms with Gasteiger partial charge in [-0.3, -0.25) is 9.48 Å². The molecule has 1 aromatic rings. The highest BCUT2D eigenvalue weighted by atomic mass is 32.2. The number of carboxylic acid groups (broad SMARTS) is 1. The van der Waals surface area contributed by atoms with Crippen molar-refractivity contribution in [2.45, 2.75) is 19.4 Å². The Balaban J connectivity index is 2.07. The summed E-state index contributed by atoms with van der Waals surface area (Å²) in [5.74, 6) is 1.10. The smallest absolute Gasteiger partial charge is 0.306 e. The minimum atomic E-state index is -0.745. The SMILES string of the molecule is CC(Cc1ccnn1C1CSC1)C(=O)O. The molecule has 1 aromatic heterocycles. The predicted octanol–water partition coefficient (Wildman–Crippen LogP) is 1.43. The zero-order valence-electron chi connectivity index (χ0n) is 8.59. The number of nitrogens with zero attached hydrogens (tertiary/aromatic N) is 2. The van der Waals surface area contributed by atoms with Gasteiger partial charge in [0.15, 0.2) is 0 Å². The Morgan fingerprint density at radius 1 is 1.80 bits per heavy atom. The highest BCUT2D eigenvalue weighted by molar-refractivity contribution is 8.00. The first kappa shape index (κ1) is 10.5. The van der Waals surface area contributed by atoms with Crippen LogP contribution in [0.1, 0.15) is 18.7 Å². The number of rotatable bonds is 4. The molecule has 2 heterocycles. The molecule has 0 amide bonds. The minimum absolute atomic E-state index is 0.340. The molecule has 1 atom stereocenters. The maximum absolute atomic E-state index is 10.8. The van der Waals surface area contributed by atoms with Crippen molar-refractivity contribution in [2.75, 3.05) is 11.5 Å². The summed E-state index contributed by atoms with van der Waals surface area (Å²) < 4.78 is 1.98. The van der Waals surface area contributed by atoms with Gasteiger partial charge in [-0.05, 0) is 6.07 Å². The average Bonchev–Trinajstić information content (AvgIpc) is 2.50. The number of carbonyl (C=O) groups is 1. The molecule has 1 unspecified atom stereocenters. The zero-order chi connectivity index (χ0) is 10.8. The quantitative estimate of drug-likeness (QED) is 0.844. The first-order valence-corrected chi connectivity index (χ1v) is 6.17. The Morgan fingerprint density at radius 2 is 2.53 bits per heavy atom. The van der Waals surface area contributed by atoms with Gasteiger partial charge in [0.25, 0.3) is 0 Å². The molecule has 1 aliphatic rings. The van der Waals surface area contributed by atoms with Crippen LogP contribution in [0.2, 0.25) is 0 Å². The second-order valence-corrected chi connectivity index (χ2v) is 4.98. The third kappa shape index (κ3) is 2.17. The second kappa shape index (κ2) is 4.26. The maximum atomic E-state index is 10.8. The van der Waals surface area contributed by atoms with Crippen LogP contribution in [0.5, 0.6) is 0 Å². The molecule has 1 N–H and O–H groups in total.